The SMILES string of the molecule is CSc1nnc(CCCNC(=O)[C@H]2CCCN2)n1C1CCCC1. The number of aromatic nitrogens is 3. The molecule has 23 heavy (non-hydrogen) atoms. The Morgan fingerprint density at radius 2 is 2.13 bits per heavy atom. The number of carbonyl (C=O) groups excluding carboxylic acids is 1. The lowest BCUT2D eigenvalue weighted by Gasteiger charge is -2.16. The minimum atomic E-state index is 0.0141. The monoisotopic (exact) mass is 337 g/mol. The van der Waals surface area contributed by atoms with Gasteiger partial charge < -0.3 is 15.2 Å². The molecule has 1 saturated heterocycles. The van der Waals surface area contributed by atoms with Gasteiger partial charge in [0.25, 0.3) is 0 Å². The molecule has 1 aromatic rings. The summed E-state index contributed by atoms with van der Waals surface area (Å²) in [6, 6.07) is 0.583. The summed E-state index contributed by atoms with van der Waals surface area (Å²) in [6.45, 7) is 1.67. The number of thioether (sulfide) groups is 1. The van der Waals surface area contributed by atoms with E-state index in [-0.39, 0.29) is 11.9 Å². The molecule has 2 fully saturated rings. The molecule has 2 heterocycles. The first-order valence-electron chi connectivity index (χ1n) is 8.78. The third-order valence-corrected chi connectivity index (χ3v) is 5.50. The van der Waals surface area contributed by atoms with Crippen molar-refractivity contribution < 1.29 is 4.79 Å². The van der Waals surface area contributed by atoms with Gasteiger partial charge in [0.05, 0.1) is 6.04 Å². The Labute approximate surface area is 142 Å². The molecule has 0 bridgehead atoms. The molecule has 1 aliphatic carbocycles. The highest BCUT2D eigenvalue weighted by Gasteiger charge is 2.24. The highest BCUT2D eigenvalue weighted by atomic mass is 32.2. The number of hydrogen-bond acceptors (Lipinski definition) is 5. The van der Waals surface area contributed by atoms with Crippen LogP contribution < -0.4 is 10.6 Å². The third-order valence-electron chi connectivity index (χ3n) is 4.86. The van der Waals surface area contributed by atoms with E-state index in [1.165, 1.54) is 25.7 Å². The zero-order chi connectivity index (χ0) is 16.1. The van der Waals surface area contributed by atoms with Gasteiger partial charge in [0.2, 0.25) is 5.91 Å². The molecular weight excluding hydrogens is 310 g/mol. The second kappa shape index (κ2) is 8.15. The molecule has 1 aliphatic heterocycles. The van der Waals surface area contributed by atoms with Crippen LogP contribution in [-0.4, -0.2) is 46.1 Å². The summed E-state index contributed by atoms with van der Waals surface area (Å²) in [4.78, 5) is 12.0. The van der Waals surface area contributed by atoms with Crippen molar-refractivity contribution in [2.24, 2.45) is 0 Å². The van der Waals surface area contributed by atoms with Gasteiger partial charge in [0, 0.05) is 19.0 Å². The van der Waals surface area contributed by atoms with Gasteiger partial charge in [-0.25, -0.2) is 0 Å². The largest absolute Gasteiger partial charge is 0.355 e. The highest BCUT2D eigenvalue weighted by molar-refractivity contribution is 7.98. The van der Waals surface area contributed by atoms with Crippen LogP contribution in [0.25, 0.3) is 0 Å². The normalized spacial score (nSPS) is 21.9. The Kier molecular flexibility index (Phi) is 5.94. The van der Waals surface area contributed by atoms with Crippen molar-refractivity contribution in [2.75, 3.05) is 19.3 Å². The fraction of sp³-hybridized carbons (Fsp3) is 0.812. The van der Waals surface area contributed by atoms with Gasteiger partial charge in [-0.05, 0) is 44.9 Å². The summed E-state index contributed by atoms with van der Waals surface area (Å²) < 4.78 is 2.35. The molecular formula is C16H27N5OS. The standard InChI is InChI=1S/C16H27N5OS/c1-23-16-20-19-14(21(16)12-6-2-3-7-12)9-5-11-18-15(22)13-8-4-10-17-13/h12-13,17H,2-11H2,1H3,(H,18,22)/t13-/m1/s1. The van der Waals surface area contributed by atoms with Crippen LogP contribution in [0.5, 0.6) is 0 Å². The Morgan fingerprint density at radius 3 is 2.83 bits per heavy atom. The predicted molar refractivity (Wildman–Crippen MR) is 91.7 cm³/mol. The quantitative estimate of drug-likeness (QED) is 0.587. The topological polar surface area (TPSA) is 71.8 Å². The lowest BCUT2D eigenvalue weighted by atomic mass is 10.2. The van der Waals surface area contributed by atoms with Gasteiger partial charge in [0.15, 0.2) is 5.16 Å². The summed E-state index contributed by atoms with van der Waals surface area (Å²) in [6.07, 6.45) is 11.0. The molecule has 3 rings (SSSR count). The van der Waals surface area contributed by atoms with E-state index >= 15 is 0 Å². The molecule has 2 N–H and O–H groups in total. The zero-order valence-electron chi connectivity index (χ0n) is 13.9. The molecule has 0 aromatic carbocycles. The minimum absolute atomic E-state index is 0.0141. The molecule has 6 nitrogen and oxygen atoms in total. The number of carbonyl (C=O) groups is 1. The molecule has 1 saturated carbocycles. The molecule has 2 aliphatic rings. The minimum Gasteiger partial charge on any atom is -0.355 e. The van der Waals surface area contributed by atoms with Crippen LogP contribution in [0.4, 0.5) is 0 Å². The molecule has 1 aromatic heterocycles. The molecule has 0 spiro atoms. The second-order valence-electron chi connectivity index (χ2n) is 6.45. The van der Waals surface area contributed by atoms with Crippen molar-refractivity contribution in [1.82, 2.24) is 25.4 Å². The van der Waals surface area contributed by atoms with Gasteiger partial charge in [-0.2, -0.15) is 0 Å². The molecule has 1 amide bonds. The maximum Gasteiger partial charge on any atom is 0.237 e. The fourth-order valence-corrected chi connectivity index (χ4v) is 4.21. The number of aryl methyl sites for hydroxylation is 1. The lowest BCUT2D eigenvalue weighted by Crippen LogP contribution is -2.40. The zero-order valence-corrected chi connectivity index (χ0v) is 14.7. The van der Waals surface area contributed by atoms with E-state index in [9.17, 15) is 4.79 Å². The molecule has 0 unspecified atom stereocenters. The van der Waals surface area contributed by atoms with E-state index < -0.39 is 0 Å². The number of hydrogen-bond donors (Lipinski definition) is 2. The number of rotatable bonds is 7. The number of nitrogens with one attached hydrogen (secondary N) is 2. The summed E-state index contributed by atoms with van der Waals surface area (Å²) in [5.74, 6) is 1.22. The Balaban J connectivity index is 1.49. The first-order chi connectivity index (χ1) is 11.3. The van der Waals surface area contributed by atoms with Crippen molar-refractivity contribution in [2.45, 2.75) is 68.6 Å². The van der Waals surface area contributed by atoms with Crippen LogP contribution in [0.1, 0.15) is 56.8 Å². The molecule has 128 valence electrons. The molecule has 0 radical (unpaired) electrons. The third kappa shape index (κ3) is 4.07. The van der Waals surface area contributed by atoms with Gasteiger partial charge in [-0.1, -0.05) is 24.6 Å². The lowest BCUT2D eigenvalue weighted by molar-refractivity contribution is -0.122. The van der Waals surface area contributed by atoms with Gasteiger partial charge in [-0.15, -0.1) is 10.2 Å². The van der Waals surface area contributed by atoms with Crippen LogP contribution in [0.3, 0.4) is 0 Å². The van der Waals surface area contributed by atoms with E-state index in [4.69, 9.17) is 0 Å². The van der Waals surface area contributed by atoms with Crippen molar-refractivity contribution >= 4 is 17.7 Å². The molecule has 7 heteroatoms. The van der Waals surface area contributed by atoms with Crippen LogP contribution >= 0.6 is 11.8 Å². The summed E-state index contributed by atoms with van der Waals surface area (Å²) in [7, 11) is 0. The van der Waals surface area contributed by atoms with E-state index in [0.717, 1.165) is 43.2 Å². The Bertz CT molecular complexity index is 521. The van der Waals surface area contributed by atoms with Gasteiger partial charge in [-0.3, -0.25) is 4.79 Å². The molecule has 1 atom stereocenters. The van der Waals surface area contributed by atoms with Crippen LogP contribution in [-0.2, 0) is 11.2 Å². The smallest absolute Gasteiger partial charge is 0.237 e. The first-order valence-corrected chi connectivity index (χ1v) is 10.0. The first kappa shape index (κ1) is 16.8. The van der Waals surface area contributed by atoms with Crippen LogP contribution in [0, 0.1) is 0 Å². The summed E-state index contributed by atoms with van der Waals surface area (Å²) in [5.41, 5.74) is 0. The van der Waals surface area contributed by atoms with Gasteiger partial charge in [0.1, 0.15) is 5.82 Å². The van der Waals surface area contributed by atoms with E-state index in [0.29, 0.717) is 12.6 Å². The fourth-order valence-electron chi connectivity index (χ4n) is 3.64. The van der Waals surface area contributed by atoms with Crippen molar-refractivity contribution in [3.63, 3.8) is 0 Å². The van der Waals surface area contributed by atoms with E-state index in [1.807, 2.05) is 0 Å². The number of nitrogens with zero attached hydrogens (tertiary/aromatic N) is 3. The maximum absolute atomic E-state index is 12.0. The van der Waals surface area contributed by atoms with E-state index in [2.05, 4.69) is 31.7 Å². The summed E-state index contributed by atoms with van der Waals surface area (Å²) in [5, 5.41) is 16.0. The Morgan fingerprint density at radius 1 is 1.30 bits per heavy atom. The number of amides is 1. The maximum atomic E-state index is 12.0. The average molecular weight is 337 g/mol. The van der Waals surface area contributed by atoms with Gasteiger partial charge >= 0.3 is 0 Å². The van der Waals surface area contributed by atoms with Crippen LogP contribution in [0.2, 0.25) is 0 Å². The van der Waals surface area contributed by atoms with Crippen molar-refractivity contribution in [3.8, 4) is 0 Å². The predicted octanol–water partition coefficient (Wildman–Crippen LogP) is 1.92. The van der Waals surface area contributed by atoms with Crippen molar-refractivity contribution in [1.29, 1.82) is 0 Å². The van der Waals surface area contributed by atoms with E-state index in [1.54, 1.807) is 11.8 Å². The second-order valence-corrected chi connectivity index (χ2v) is 7.23. The highest BCUT2D eigenvalue weighted by Crippen LogP contribution is 2.33. The van der Waals surface area contributed by atoms with Crippen molar-refractivity contribution in [3.05, 3.63) is 5.82 Å². The van der Waals surface area contributed by atoms with Crippen LogP contribution in [0.15, 0.2) is 5.16 Å². The summed E-state index contributed by atoms with van der Waals surface area (Å²) >= 11 is 1.68. The average Bonchev–Trinajstić information content (AvgIpc) is 3.32. The Hall–Kier alpha value is -1.08.